The molecule has 1 amide bonds. The second-order valence-electron chi connectivity index (χ2n) is 3.35. The standard InChI is InChI=1S/C11H10ClNO2S/c1-7(9-2-3-10(12)16-9)13-11(14)8-4-5-15-6-8/h2-7H,1H3,(H,13,14)/t7-/m0/s1. The molecule has 0 aliphatic heterocycles. The summed E-state index contributed by atoms with van der Waals surface area (Å²) in [6.07, 6.45) is 2.89. The lowest BCUT2D eigenvalue weighted by molar-refractivity contribution is 0.0940. The number of hydrogen-bond acceptors (Lipinski definition) is 3. The Kier molecular flexibility index (Phi) is 3.31. The van der Waals surface area contributed by atoms with Gasteiger partial charge in [0.2, 0.25) is 0 Å². The maximum absolute atomic E-state index is 11.7. The van der Waals surface area contributed by atoms with Gasteiger partial charge in [-0.2, -0.15) is 0 Å². The minimum atomic E-state index is -0.147. The van der Waals surface area contributed by atoms with Crippen LogP contribution in [0.3, 0.4) is 0 Å². The maximum Gasteiger partial charge on any atom is 0.255 e. The van der Waals surface area contributed by atoms with Gasteiger partial charge >= 0.3 is 0 Å². The van der Waals surface area contributed by atoms with Crippen LogP contribution in [0.15, 0.2) is 35.1 Å². The number of nitrogens with one attached hydrogen (secondary N) is 1. The summed E-state index contributed by atoms with van der Waals surface area (Å²) < 4.78 is 5.57. The summed E-state index contributed by atoms with van der Waals surface area (Å²) in [6.45, 7) is 1.92. The molecule has 16 heavy (non-hydrogen) atoms. The summed E-state index contributed by atoms with van der Waals surface area (Å²) in [7, 11) is 0. The van der Waals surface area contributed by atoms with Crippen LogP contribution in [0.1, 0.15) is 28.2 Å². The normalized spacial score (nSPS) is 12.4. The molecule has 3 nitrogen and oxygen atoms in total. The molecule has 84 valence electrons. The first-order valence-electron chi connectivity index (χ1n) is 4.75. The Labute approximate surface area is 102 Å². The van der Waals surface area contributed by atoms with Gasteiger partial charge in [-0.1, -0.05) is 11.6 Å². The predicted octanol–water partition coefficient (Wildman–Crippen LogP) is 3.49. The highest BCUT2D eigenvalue weighted by molar-refractivity contribution is 7.16. The summed E-state index contributed by atoms with van der Waals surface area (Å²) in [5, 5.41) is 2.86. The molecule has 0 saturated carbocycles. The number of carbonyl (C=O) groups is 1. The number of rotatable bonds is 3. The predicted molar refractivity (Wildman–Crippen MR) is 63.9 cm³/mol. The van der Waals surface area contributed by atoms with Gasteiger partial charge in [0.05, 0.1) is 22.2 Å². The number of amides is 1. The third-order valence-corrected chi connectivity index (χ3v) is 3.57. The molecule has 5 heteroatoms. The van der Waals surface area contributed by atoms with Crippen molar-refractivity contribution in [2.75, 3.05) is 0 Å². The van der Waals surface area contributed by atoms with Crippen LogP contribution < -0.4 is 5.32 Å². The smallest absolute Gasteiger partial charge is 0.255 e. The monoisotopic (exact) mass is 255 g/mol. The van der Waals surface area contributed by atoms with Crippen molar-refractivity contribution in [3.05, 3.63) is 45.5 Å². The van der Waals surface area contributed by atoms with Gasteiger partial charge < -0.3 is 9.73 Å². The molecule has 0 bridgehead atoms. The highest BCUT2D eigenvalue weighted by Crippen LogP contribution is 2.26. The number of thiophene rings is 1. The number of furan rings is 1. The molecule has 0 spiro atoms. The third-order valence-electron chi connectivity index (χ3n) is 2.15. The van der Waals surface area contributed by atoms with Crippen LogP contribution in [0, 0.1) is 0 Å². The Hall–Kier alpha value is -1.26. The largest absolute Gasteiger partial charge is 0.472 e. The average Bonchev–Trinajstić information content (AvgIpc) is 2.87. The van der Waals surface area contributed by atoms with E-state index >= 15 is 0 Å². The van der Waals surface area contributed by atoms with Crippen molar-refractivity contribution in [2.24, 2.45) is 0 Å². The lowest BCUT2D eigenvalue weighted by Gasteiger charge is -2.10. The molecular weight excluding hydrogens is 246 g/mol. The van der Waals surface area contributed by atoms with Crippen LogP contribution in [0.25, 0.3) is 0 Å². The molecule has 0 aromatic carbocycles. The van der Waals surface area contributed by atoms with E-state index in [9.17, 15) is 4.79 Å². The number of hydrogen-bond donors (Lipinski definition) is 1. The van der Waals surface area contributed by atoms with E-state index in [1.54, 1.807) is 6.07 Å². The highest BCUT2D eigenvalue weighted by atomic mass is 35.5. The second-order valence-corrected chi connectivity index (χ2v) is 5.10. The summed E-state index contributed by atoms with van der Waals surface area (Å²) in [6, 6.07) is 5.30. The Morgan fingerprint density at radius 3 is 2.88 bits per heavy atom. The van der Waals surface area contributed by atoms with Crippen LogP contribution in [-0.4, -0.2) is 5.91 Å². The van der Waals surface area contributed by atoms with Crippen LogP contribution in [-0.2, 0) is 0 Å². The fourth-order valence-corrected chi connectivity index (χ4v) is 2.37. The van der Waals surface area contributed by atoms with Gasteiger partial charge in [0.1, 0.15) is 6.26 Å². The lowest BCUT2D eigenvalue weighted by Crippen LogP contribution is -2.25. The minimum absolute atomic E-state index is 0.0556. The van der Waals surface area contributed by atoms with Gasteiger partial charge in [-0.3, -0.25) is 4.79 Å². The molecule has 2 rings (SSSR count). The first kappa shape index (κ1) is 11.2. The lowest BCUT2D eigenvalue weighted by atomic mass is 10.2. The molecule has 0 fully saturated rings. The molecule has 0 saturated heterocycles. The topological polar surface area (TPSA) is 42.2 Å². The number of carbonyl (C=O) groups excluding carboxylic acids is 1. The van der Waals surface area contributed by atoms with Crippen molar-refractivity contribution < 1.29 is 9.21 Å². The molecule has 1 atom stereocenters. The SMILES string of the molecule is C[C@H](NC(=O)c1ccoc1)c1ccc(Cl)s1. The van der Waals surface area contributed by atoms with Gasteiger partial charge in [0.25, 0.3) is 5.91 Å². The second kappa shape index (κ2) is 4.72. The fourth-order valence-electron chi connectivity index (χ4n) is 1.31. The highest BCUT2D eigenvalue weighted by Gasteiger charge is 2.13. The Bertz CT molecular complexity index is 478. The third kappa shape index (κ3) is 2.46. The zero-order valence-electron chi connectivity index (χ0n) is 8.57. The summed E-state index contributed by atoms with van der Waals surface area (Å²) in [4.78, 5) is 12.7. The minimum Gasteiger partial charge on any atom is -0.472 e. The van der Waals surface area contributed by atoms with E-state index in [2.05, 4.69) is 5.32 Å². The van der Waals surface area contributed by atoms with Crippen LogP contribution in [0.2, 0.25) is 4.34 Å². The van der Waals surface area contributed by atoms with Crippen molar-refractivity contribution in [1.82, 2.24) is 5.32 Å². The maximum atomic E-state index is 11.7. The van der Waals surface area contributed by atoms with Crippen molar-refractivity contribution in [1.29, 1.82) is 0 Å². The molecule has 1 N–H and O–H groups in total. The average molecular weight is 256 g/mol. The molecule has 0 radical (unpaired) electrons. The molecule has 2 aromatic heterocycles. The van der Waals surface area contributed by atoms with Gasteiger partial charge in [0.15, 0.2) is 0 Å². The fraction of sp³-hybridized carbons (Fsp3) is 0.182. The van der Waals surface area contributed by atoms with Gasteiger partial charge in [-0.25, -0.2) is 0 Å². The summed E-state index contributed by atoms with van der Waals surface area (Å²) in [5.74, 6) is -0.147. The van der Waals surface area contributed by atoms with Crippen molar-refractivity contribution in [2.45, 2.75) is 13.0 Å². The summed E-state index contributed by atoms with van der Waals surface area (Å²) >= 11 is 7.29. The van der Waals surface area contributed by atoms with E-state index in [1.165, 1.54) is 23.9 Å². The molecule has 0 aliphatic carbocycles. The zero-order valence-corrected chi connectivity index (χ0v) is 10.1. The molecule has 0 unspecified atom stereocenters. The Morgan fingerprint density at radius 1 is 1.50 bits per heavy atom. The quantitative estimate of drug-likeness (QED) is 0.912. The molecule has 2 aromatic rings. The van der Waals surface area contributed by atoms with Crippen molar-refractivity contribution in [3.63, 3.8) is 0 Å². The number of halogens is 1. The van der Waals surface area contributed by atoms with E-state index < -0.39 is 0 Å². The zero-order chi connectivity index (χ0) is 11.5. The summed E-state index contributed by atoms with van der Waals surface area (Å²) in [5.41, 5.74) is 0.523. The van der Waals surface area contributed by atoms with Crippen molar-refractivity contribution >= 4 is 28.8 Å². The van der Waals surface area contributed by atoms with Crippen LogP contribution in [0.4, 0.5) is 0 Å². The molecule has 0 aliphatic rings. The first-order valence-corrected chi connectivity index (χ1v) is 5.94. The van der Waals surface area contributed by atoms with Gasteiger partial charge in [-0.15, -0.1) is 11.3 Å². The van der Waals surface area contributed by atoms with E-state index in [1.807, 2.05) is 19.1 Å². The molecular formula is C11H10ClNO2S. The van der Waals surface area contributed by atoms with E-state index in [-0.39, 0.29) is 11.9 Å². The Balaban J connectivity index is 2.03. The van der Waals surface area contributed by atoms with Gasteiger partial charge in [0, 0.05) is 4.88 Å². The van der Waals surface area contributed by atoms with E-state index in [0.29, 0.717) is 5.56 Å². The van der Waals surface area contributed by atoms with Gasteiger partial charge in [-0.05, 0) is 25.1 Å². The van der Waals surface area contributed by atoms with E-state index in [4.69, 9.17) is 16.0 Å². The molecule has 2 heterocycles. The first-order chi connectivity index (χ1) is 7.66. The Morgan fingerprint density at radius 2 is 2.31 bits per heavy atom. The van der Waals surface area contributed by atoms with Crippen LogP contribution in [0.5, 0.6) is 0 Å². The van der Waals surface area contributed by atoms with Crippen LogP contribution >= 0.6 is 22.9 Å². The van der Waals surface area contributed by atoms with E-state index in [0.717, 1.165) is 9.21 Å². The van der Waals surface area contributed by atoms with Crippen molar-refractivity contribution in [3.8, 4) is 0 Å².